The number of hydrogen-bond donors (Lipinski definition) is 1. The van der Waals surface area contributed by atoms with Gasteiger partial charge >= 0.3 is 0 Å². The van der Waals surface area contributed by atoms with Crippen LogP contribution >= 0.6 is 11.3 Å². The van der Waals surface area contributed by atoms with Gasteiger partial charge in [0.05, 0.1) is 22.4 Å². The van der Waals surface area contributed by atoms with Crippen LogP contribution in [0.4, 0.5) is 9.52 Å². The van der Waals surface area contributed by atoms with E-state index < -0.39 is 20.9 Å². The molecule has 12 heteroatoms. The van der Waals surface area contributed by atoms with Gasteiger partial charge in [-0.3, -0.25) is 14.9 Å². The molecule has 0 unspecified atom stereocenters. The molecule has 1 saturated heterocycles. The highest BCUT2D eigenvalue weighted by molar-refractivity contribution is 7.92. The molecule has 9 nitrogen and oxygen atoms in total. The number of likely N-dealkylation sites (tertiary alicyclic amines) is 1. The molecular weight excluding hydrogens is 459 g/mol. The lowest BCUT2D eigenvalue weighted by atomic mass is 10.1. The highest BCUT2D eigenvalue weighted by atomic mass is 32.2. The maximum absolute atomic E-state index is 13.2. The molecule has 0 radical (unpaired) electrons. The molecule has 2 fully saturated rings. The number of oxime groups is 1. The highest BCUT2D eigenvalue weighted by Gasteiger charge is 2.37. The smallest absolute Gasteiger partial charge is 0.280 e. The maximum Gasteiger partial charge on any atom is 0.280 e. The number of nitrogens with one attached hydrogen (secondary N) is 1. The molecule has 170 valence electrons. The summed E-state index contributed by atoms with van der Waals surface area (Å²) in [5.41, 5.74) is 0.202. The molecule has 0 bridgehead atoms. The number of anilines is 1. The predicted octanol–water partition coefficient (Wildman–Crippen LogP) is 2.20. The Morgan fingerprint density at radius 2 is 2.03 bits per heavy atom. The number of carbonyl (C=O) groups is 2. The molecule has 2 amide bonds. The van der Waals surface area contributed by atoms with E-state index in [1.54, 1.807) is 11.9 Å². The lowest BCUT2D eigenvalue weighted by molar-refractivity contribution is -0.128. The first-order valence-corrected chi connectivity index (χ1v) is 12.3. The number of halogens is 1. The molecule has 1 aromatic carbocycles. The number of nitrogens with zero attached hydrogens (tertiary/aromatic N) is 3. The topological polar surface area (TPSA) is 118 Å². The summed E-state index contributed by atoms with van der Waals surface area (Å²) in [6.07, 6.45) is 3.33. The molecule has 1 aliphatic heterocycles. The van der Waals surface area contributed by atoms with Crippen LogP contribution in [0.1, 0.15) is 31.2 Å². The number of rotatable bonds is 8. The predicted molar refractivity (Wildman–Crippen MR) is 116 cm³/mol. The fourth-order valence-corrected chi connectivity index (χ4v) is 5.51. The van der Waals surface area contributed by atoms with Gasteiger partial charge in [0.2, 0.25) is 5.91 Å². The zero-order chi connectivity index (χ0) is 22.9. The van der Waals surface area contributed by atoms with Crippen molar-refractivity contribution in [1.82, 2.24) is 9.88 Å². The van der Waals surface area contributed by atoms with Crippen LogP contribution in [0.15, 0.2) is 40.5 Å². The Kier molecular flexibility index (Phi) is 6.24. The van der Waals surface area contributed by atoms with Gasteiger partial charge < -0.3 is 9.74 Å². The second-order valence-electron chi connectivity index (χ2n) is 7.63. The third-order valence-corrected chi connectivity index (χ3v) is 8.37. The number of aromatic nitrogens is 1. The van der Waals surface area contributed by atoms with Gasteiger partial charge in [-0.15, -0.1) is 0 Å². The molecular formula is C20H21FN4O5S2. The average molecular weight is 481 g/mol. The summed E-state index contributed by atoms with van der Waals surface area (Å²) in [6.45, 7) is 0.0963. The fraction of sp³-hybridized carbons (Fsp3) is 0.400. The molecule has 1 N–H and O–H groups in total. The summed E-state index contributed by atoms with van der Waals surface area (Å²) in [5.74, 6) is -0.674. The van der Waals surface area contributed by atoms with E-state index in [0.29, 0.717) is 42.6 Å². The van der Waals surface area contributed by atoms with Gasteiger partial charge in [-0.1, -0.05) is 28.6 Å². The number of carbonyl (C=O) groups excluding carboxylic acids is 2. The van der Waals surface area contributed by atoms with E-state index in [9.17, 15) is 22.4 Å². The first-order chi connectivity index (χ1) is 15.3. The van der Waals surface area contributed by atoms with Gasteiger partial charge in [0.15, 0.2) is 25.8 Å². The van der Waals surface area contributed by atoms with Crippen LogP contribution in [0.2, 0.25) is 0 Å². The minimum absolute atomic E-state index is 0.0128. The van der Waals surface area contributed by atoms with Crippen LogP contribution in [0.25, 0.3) is 0 Å². The second-order valence-corrected chi connectivity index (χ2v) is 10.8. The molecule has 4 rings (SSSR count). The molecule has 1 saturated carbocycles. The molecule has 1 aromatic heterocycles. The summed E-state index contributed by atoms with van der Waals surface area (Å²) in [7, 11) is -1.70. The van der Waals surface area contributed by atoms with Gasteiger partial charge in [-0.05, 0) is 31.4 Å². The van der Waals surface area contributed by atoms with E-state index in [1.807, 2.05) is 0 Å². The number of likely N-dealkylation sites (N-methyl/N-ethyl adjacent to an activating group) is 1. The van der Waals surface area contributed by atoms with Crippen molar-refractivity contribution >= 4 is 43.8 Å². The summed E-state index contributed by atoms with van der Waals surface area (Å²) in [6, 6.07) is 5.65. The van der Waals surface area contributed by atoms with Crippen molar-refractivity contribution in [3.05, 3.63) is 41.2 Å². The Morgan fingerprint density at radius 3 is 2.59 bits per heavy atom. The zero-order valence-corrected chi connectivity index (χ0v) is 18.8. The van der Waals surface area contributed by atoms with Crippen molar-refractivity contribution in [2.75, 3.05) is 19.0 Å². The van der Waals surface area contributed by atoms with Crippen molar-refractivity contribution in [1.29, 1.82) is 0 Å². The number of hydrogen-bond acceptors (Lipinski definition) is 8. The Labute approximate surface area is 188 Å². The summed E-state index contributed by atoms with van der Waals surface area (Å²) < 4.78 is 38.1. The quantitative estimate of drug-likeness (QED) is 0.457. The first-order valence-electron chi connectivity index (χ1n) is 9.98. The van der Waals surface area contributed by atoms with Gasteiger partial charge in [-0.2, -0.15) is 4.39 Å². The molecule has 1 atom stereocenters. The van der Waals surface area contributed by atoms with Crippen molar-refractivity contribution in [3.63, 3.8) is 0 Å². The second kappa shape index (κ2) is 8.94. The number of amides is 2. The SMILES string of the molecule is CN1C(=O)CC[C@@H]1CO/N=C(/C(=O)Nc1ncc(F)s1)c1ccc(S(=O)(=O)C2CC2)cc1. The van der Waals surface area contributed by atoms with Gasteiger partial charge in [0.1, 0.15) is 6.61 Å². The lowest BCUT2D eigenvalue weighted by Gasteiger charge is -2.18. The number of thiazole rings is 1. The number of benzene rings is 1. The third-order valence-electron chi connectivity index (χ3n) is 5.39. The summed E-state index contributed by atoms with van der Waals surface area (Å²) in [5, 5.41) is 5.57. The molecule has 1 aliphatic carbocycles. The molecule has 2 aromatic rings. The van der Waals surface area contributed by atoms with E-state index in [0.717, 1.165) is 6.20 Å². The van der Waals surface area contributed by atoms with Gasteiger partial charge in [0.25, 0.3) is 5.91 Å². The molecule has 32 heavy (non-hydrogen) atoms. The van der Waals surface area contributed by atoms with Gasteiger partial charge in [0, 0.05) is 19.0 Å². The Morgan fingerprint density at radius 1 is 1.31 bits per heavy atom. The first kappa shape index (κ1) is 22.3. The normalized spacial score (nSPS) is 19.3. The summed E-state index contributed by atoms with van der Waals surface area (Å²) in [4.78, 5) is 35.4. The third kappa shape index (κ3) is 4.80. The maximum atomic E-state index is 13.2. The van der Waals surface area contributed by atoms with E-state index in [2.05, 4.69) is 15.5 Å². The molecule has 2 heterocycles. The molecule has 0 spiro atoms. The number of sulfone groups is 1. The molecule has 2 aliphatic rings. The van der Waals surface area contributed by atoms with Crippen LogP contribution in [0.5, 0.6) is 0 Å². The van der Waals surface area contributed by atoms with E-state index in [1.165, 1.54) is 24.3 Å². The Bertz CT molecular complexity index is 1160. The van der Waals surface area contributed by atoms with Crippen LogP contribution in [-0.2, 0) is 24.3 Å². The monoisotopic (exact) mass is 480 g/mol. The highest BCUT2D eigenvalue weighted by Crippen LogP contribution is 2.33. The van der Waals surface area contributed by atoms with E-state index in [4.69, 9.17) is 4.84 Å². The van der Waals surface area contributed by atoms with Crippen LogP contribution in [-0.4, -0.2) is 60.8 Å². The largest absolute Gasteiger partial charge is 0.393 e. The Hall–Kier alpha value is -2.86. The lowest BCUT2D eigenvalue weighted by Crippen LogP contribution is -2.32. The van der Waals surface area contributed by atoms with Crippen LogP contribution in [0.3, 0.4) is 0 Å². The van der Waals surface area contributed by atoms with E-state index >= 15 is 0 Å². The van der Waals surface area contributed by atoms with Crippen molar-refractivity contribution in [3.8, 4) is 0 Å². The van der Waals surface area contributed by atoms with Crippen molar-refractivity contribution in [2.45, 2.75) is 41.9 Å². The minimum Gasteiger partial charge on any atom is -0.393 e. The average Bonchev–Trinajstić information content (AvgIpc) is 3.49. The standard InChI is InChI=1S/C20H21FN4O5S2/c1-25-13(4-9-17(25)26)11-30-24-18(19(27)23-20-22-10-16(21)31-20)12-2-5-14(6-3-12)32(28,29)15-7-8-15/h2-3,5-6,10,13,15H,4,7-9,11H2,1H3,(H,22,23,27)/b24-18+/t13-/m1/s1. The minimum atomic E-state index is -3.37. The zero-order valence-electron chi connectivity index (χ0n) is 17.2. The Balaban J connectivity index is 1.54. The van der Waals surface area contributed by atoms with Crippen LogP contribution < -0.4 is 5.32 Å². The summed E-state index contributed by atoms with van der Waals surface area (Å²) >= 11 is 0.660. The van der Waals surface area contributed by atoms with Crippen molar-refractivity contribution < 1.29 is 27.2 Å². The van der Waals surface area contributed by atoms with E-state index in [-0.39, 0.29) is 39.5 Å². The van der Waals surface area contributed by atoms with Crippen LogP contribution in [0, 0.1) is 5.13 Å². The van der Waals surface area contributed by atoms with Crippen molar-refractivity contribution in [2.24, 2.45) is 5.16 Å². The fourth-order valence-electron chi connectivity index (χ4n) is 3.31. The van der Waals surface area contributed by atoms with Gasteiger partial charge in [-0.25, -0.2) is 13.4 Å².